The highest BCUT2D eigenvalue weighted by Gasteiger charge is 2.05. The van der Waals surface area contributed by atoms with Gasteiger partial charge in [-0.1, -0.05) is 0 Å². The molecule has 0 aliphatic rings. The summed E-state index contributed by atoms with van der Waals surface area (Å²) < 4.78 is 20.3. The Balaban J connectivity index is 3.88. The van der Waals surface area contributed by atoms with E-state index in [-0.39, 0.29) is 0 Å². The van der Waals surface area contributed by atoms with Crippen LogP contribution >= 0.6 is 11.8 Å². The highest BCUT2D eigenvalue weighted by Crippen LogP contribution is 1.98. The van der Waals surface area contributed by atoms with Crippen molar-refractivity contribution in [2.45, 2.75) is 12.5 Å². The minimum Gasteiger partial charge on any atom is -0.321 e. The summed E-state index contributed by atoms with van der Waals surface area (Å²) in [5.41, 5.74) is 2.04. The zero-order valence-corrected chi connectivity index (χ0v) is 6.12. The largest absolute Gasteiger partial charge is 0.321 e. The molecule has 0 bridgehead atoms. The van der Waals surface area contributed by atoms with E-state index in [4.69, 9.17) is 4.15 Å². The predicted molar refractivity (Wildman–Crippen MR) is 41.3 cm³/mol. The molecule has 3 heteroatoms. The first-order chi connectivity index (χ1) is 5.63. The van der Waals surface area contributed by atoms with Gasteiger partial charge in [-0.25, -0.2) is 0 Å². The van der Waals surface area contributed by atoms with E-state index in [0.29, 0.717) is 6.42 Å². The van der Waals surface area contributed by atoms with Gasteiger partial charge >= 0.3 is 0 Å². The van der Waals surface area contributed by atoms with Gasteiger partial charge in [-0.3, -0.25) is 4.79 Å². The van der Waals surface area contributed by atoms with Crippen LogP contribution in [0.25, 0.3) is 0 Å². The molecule has 0 saturated carbocycles. The summed E-state index contributed by atoms with van der Waals surface area (Å²) in [6.07, 6.45) is 2.39. The molecule has 0 amide bonds. The Morgan fingerprint density at radius 2 is 3.00 bits per heavy atom. The van der Waals surface area contributed by atoms with E-state index < -0.39 is 18.7 Å². The van der Waals surface area contributed by atoms with Crippen molar-refractivity contribution in [2.75, 3.05) is 12.0 Å². The zero-order chi connectivity index (χ0) is 9.56. The fraction of sp³-hybridized carbons (Fsp3) is 0.667. The van der Waals surface area contributed by atoms with Crippen LogP contribution in [0.15, 0.2) is 0 Å². The topological polar surface area (TPSA) is 43.1 Å². The third-order valence-electron chi connectivity index (χ3n) is 0.927. The number of carbonyl (C=O) groups excluding carboxylic acids is 1. The molecule has 0 heterocycles. The van der Waals surface area contributed by atoms with E-state index >= 15 is 0 Å². The second-order valence-electron chi connectivity index (χ2n) is 1.70. The molecule has 0 fully saturated rings. The Bertz CT molecular complexity index is 145. The van der Waals surface area contributed by atoms with Crippen LogP contribution in [0, 0.1) is 6.88 Å². The molecule has 0 aromatic carbocycles. The van der Waals surface area contributed by atoms with Crippen molar-refractivity contribution in [3.63, 3.8) is 0 Å². The van der Waals surface area contributed by atoms with Gasteiger partial charge in [0.1, 0.15) is 7.20 Å². The van der Waals surface area contributed by atoms with Crippen molar-refractivity contribution in [3.8, 4) is 0 Å². The molecule has 0 aliphatic carbocycles. The number of ketones is 1. The summed E-state index contributed by atoms with van der Waals surface area (Å²) in [5.74, 6) is 0.134. The van der Waals surface area contributed by atoms with Crippen LogP contribution in [0.3, 0.4) is 0 Å². The summed E-state index contributed by atoms with van der Waals surface area (Å²) in [7, 11) is 0. The molecule has 0 aliphatic heterocycles. The lowest BCUT2D eigenvalue weighted by atomic mass is 10.2. The number of carbonyl (C=O) groups is 1. The molecule has 0 aromatic rings. The van der Waals surface area contributed by atoms with Crippen LogP contribution in [0.2, 0.25) is 1.41 Å². The number of nitrogens with two attached hydrogens (primary N) is 1. The average molecular weight is 149 g/mol. The maximum Gasteiger partial charge on any atom is 0.149 e. The summed E-state index contributed by atoms with van der Waals surface area (Å²) in [4.78, 5) is 11.0. The van der Waals surface area contributed by atoms with E-state index in [1.165, 1.54) is 0 Å². The van der Waals surface area contributed by atoms with Gasteiger partial charge in [-0.05, 0) is 18.4 Å². The molecule has 0 aromatic heterocycles. The number of hydrogen-bond donors (Lipinski definition) is 1. The second-order valence-corrected chi connectivity index (χ2v) is 2.68. The molecule has 2 N–H and O–H groups in total. The highest BCUT2D eigenvalue weighted by molar-refractivity contribution is 7.98. The van der Waals surface area contributed by atoms with Gasteiger partial charge in [0.15, 0.2) is 0 Å². The Kier molecular flexibility index (Phi) is 2.54. The summed E-state index contributed by atoms with van der Waals surface area (Å²) >= 11 is 1.57. The molecule has 9 heavy (non-hydrogen) atoms. The third kappa shape index (κ3) is 4.48. The first-order valence-electron chi connectivity index (χ1n) is 4.14. The van der Waals surface area contributed by atoms with Crippen LogP contribution in [-0.4, -0.2) is 23.8 Å². The number of Topliss-reactive ketones (excluding diaryl/α,β-unsaturated/α-hetero) is 1. The monoisotopic (exact) mass is 149 g/mol. The van der Waals surface area contributed by atoms with E-state index in [0.717, 1.165) is 5.75 Å². The minimum absolute atomic E-state index is 0.491. The van der Waals surface area contributed by atoms with Gasteiger partial charge in [0.05, 0.1) is 6.04 Å². The van der Waals surface area contributed by atoms with Crippen molar-refractivity contribution in [1.82, 2.24) is 0 Å². The van der Waals surface area contributed by atoms with Crippen LogP contribution < -0.4 is 5.73 Å². The molecular weight excluding hydrogens is 134 g/mol. The van der Waals surface area contributed by atoms with Gasteiger partial charge < -0.3 is 5.73 Å². The molecule has 0 rings (SSSR count). The second kappa shape index (κ2) is 4.82. The zero-order valence-electron chi connectivity index (χ0n) is 8.31. The molecule has 0 spiro atoms. The smallest absolute Gasteiger partial charge is 0.149 e. The van der Waals surface area contributed by atoms with Crippen LogP contribution in [0.4, 0.5) is 0 Å². The highest BCUT2D eigenvalue weighted by atomic mass is 32.2. The van der Waals surface area contributed by atoms with Crippen molar-refractivity contribution in [2.24, 2.45) is 5.73 Å². The molecule has 1 radical (unpaired) electrons. The van der Waals surface area contributed by atoms with Crippen LogP contribution in [0.5, 0.6) is 0 Å². The number of hydrogen-bond acceptors (Lipinski definition) is 3. The van der Waals surface area contributed by atoms with E-state index in [1.807, 2.05) is 12.0 Å². The Morgan fingerprint density at radius 3 is 3.44 bits per heavy atom. The van der Waals surface area contributed by atoms with Gasteiger partial charge in [0.2, 0.25) is 0 Å². The number of rotatable bonds is 6. The lowest BCUT2D eigenvalue weighted by Crippen LogP contribution is -2.28. The standard InChI is InChI=1S/C6H12NOS/c1-5(8)6(7)3-4-9-2/h6H,1,3-4,7H2,2H3/t6-/m0/s1/i1D2/hD. The van der Waals surface area contributed by atoms with Crippen molar-refractivity contribution in [1.29, 1.82) is 0 Å². The molecular formula is C6H12NOS. The molecule has 0 unspecified atom stereocenters. The maximum absolute atomic E-state index is 11.0. The SMILES string of the molecule is [2H]N[C@@H](CCSC)C(=O)[C]([2H])[2H]. The fourth-order valence-corrected chi connectivity index (χ4v) is 0.838. The van der Waals surface area contributed by atoms with E-state index in [2.05, 4.69) is 0 Å². The summed E-state index contributed by atoms with van der Waals surface area (Å²) in [6.45, 7) is -0.735. The molecule has 0 saturated heterocycles. The molecule has 2 nitrogen and oxygen atoms in total. The van der Waals surface area contributed by atoms with Crippen molar-refractivity contribution < 1.29 is 8.95 Å². The van der Waals surface area contributed by atoms with E-state index in [1.54, 1.807) is 11.8 Å². The molecule has 1 atom stereocenters. The van der Waals surface area contributed by atoms with Crippen molar-refractivity contribution in [3.05, 3.63) is 6.88 Å². The van der Waals surface area contributed by atoms with Gasteiger partial charge in [0, 0.05) is 9.62 Å². The quantitative estimate of drug-likeness (QED) is 0.597. The minimum atomic E-state index is -0.735. The lowest BCUT2D eigenvalue weighted by Gasteiger charge is -2.03. The normalized spacial score (nSPS) is 18.2. The Labute approximate surface area is 64.5 Å². The lowest BCUT2D eigenvalue weighted by molar-refractivity contribution is -0.116. The van der Waals surface area contributed by atoms with E-state index in [9.17, 15) is 4.79 Å². The van der Waals surface area contributed by atoms with Gasteiger partial charge in [-0.2, -0.15) is 11.8 Å². The molecule has 53 valence electrons. The van der Waals surface area contributed by atoms with Gasteiger partial charge in [0.25, 0.3) is 0 Å². The Morgan fingerprint density at radius 1 is 2.22 bits per heavy atom. The maximum atomic E-state index is 11.0. The third-order valence-corrected chi connectivity index (χ3v) is 1.57. The first-order valence-corrected chi connectivity index (χ1v) is 4.03. The van der Waals surface area contributed by atoms with Crippen LogP contribution in [0.1, 0.15) is 9.16 Å². The first kappa shape index (κ1) is 4.74. The number of thioether (sulfide) groups is 1. The summed E-state index contributed by atoms with van der Waals surface area (Å²) in [6, 6.07) is -0.692. The van der Waals surface area contributed by atoms with Gasteiger partial charge in [-0.15, -0.1) is 0 Å². The van der Waals surface area contributed by atoms with Crippen LogP contribution in [-0.2, 0) is 4.79 Å². The Hall–Kier alpha value is -0.0200. The fourth-order valence-electron chi connectivity index (χ4n) is 0.367. The van der Waals surface area contributed by atoms with Crippen molar-refractivity contribution >= 4 is 17.5 Å². The average Bonchev–Trinajstić information content (AvgIpc) is 2.05. The predicted octanol–water partition coefficient (Wildman–Crippen LogP) is 0.470. The summed E-state index contributed by atoms with van der Waals surface area (Å²) in [5, 5.41) is 0.